The van der Waals surface area contributed by atoms with Gasteiger partial charge in [0.05, 0.1) is 13.2 Å². The fraction of sp³-hybridized carbons (Fsp3) is 0.360. The number of anilines is 1. The standard InChI is InChI=1S/C25H29N5O2S/c1-18(2)22-15-23(30-11-13-32-14-12-30)29-25(28-22)33-17-20-3-5-21(6-4-20)24(31)27-16-19-7-9-26-10-8-19/h3-10,15,18H,11-14,16-17H2,1-2H3,(H,27,31). The summed E-state index contributed by atoms with van der Waals surface area (Å²) in [6.45, 7) is 7.94. The van der Waals surface area contributed by atoms with Gasteiger partial charge in [-0.05, 0) is 41.3 Å². The van der Waals surface area contributed by atoms with Crippen LogP contribution in [-0.4, -0.2) is 47.2 Å². The molecule has 0 atom stereocenters. The lowest BCUT2D eigenvalue weighted by molar-refractivity contribution is 0.0951. The van der Waals surface area contributed by atoms with Gasteiger partial charge >= 0.3 is 0 Å². The van der Waals surface area contributed by atoms with E-state index in [-0.39, 0.29) is 5.91 Å². The third-order valence-corrected chi connectivity index (χ3v) is 6.34. The Labute approximate surface area is 199 Å². The van der Waals surface area contributed by atoms with E-state index in [4.69, 9.17) is 14.7 Å². The third-order valence-electron chi connectivity index (χ3n) is 5.43. The summed E-state index contributed by atoms with van der Waals surface area (Å²) in [6, 6.07) is 13.6. The molecule has 0 radical (unpaired) electrons. The largest absolute Gasteiger partial charge is 0.378 e. The van der Waals surface area contributed by atoms with Gasteiger partial charge in [-0.3, -0.25) is 9.78 Å². The summed E-state index contributed by atoms with van der Waals surface area (Å²) >= 11 is 1.62. The highest BCUT2D eigenvalue weighted by Crippen LogP contribution is 2.26. The van der Waals surface area contributed by atoms with Crippen LogP contribution in [0.2, 0.25) is 0 Å². The minimum atomic E-state index is -0.0888. The zero-order chi connectivity index (χ0) is 23.0. The molecule has 8 heteroatoms. The number of rotatable bonds is 8. The minimum Gasteiger partial charge on any atom is -0.378 e. The SMILES string of the molecule is CC(C)c1cc(N2CCOCC2)nc(SCc2ccc(C(=O)NCc3ccncc3)cc2)n1. The second-order valence-corrected chi connectivity index (χ2v) is 9.15. The van der Waals surface area contributed by atoms with Crippen LogP contribution in [0.25, 0.3) is 0 Å². The van der Waals surface area contributed by atoms with Gasteiger partial charge in [0.2, 0.25) is 0 Å². The van der Waals surface area contributed by atoms with E-state index in [1.54, 1.807) is 24.2 Å². The van der Waals surface area contributed by atoms with Crippen LogP contribution >= 0.6 is 11.8 Å². The molecule has 1 saturated heterocycles. The van der Waals surface area contributed by atoms with Crippen LogP contribution in [0.1, 0.15) is 46.9 Å². The highest BCUT2D eigenvalue weighted by molar-refractivity contribution is 7.98. The Morgan fingerprint density at radius 3 is 2.48 bits per heavy atom. The fourth-order valence-electron chi connectivity index (χ4n) is 3.43. The number of benzene rings is 1. The third kappa shape index (κ3) is 6.52. The maximum atomic E-state index is 12.4. The van der Waals surface area contributed by atoms with Gasteiger partial charge in [0.15, 0.2) is 5.16 Å². The van der Waals surface area contributed by atoms with Crippen molar-refractivity contribution in [2.24, 2.45) is 0 Å². The molecule has 1 fully saturated rings. The number of carbonyl (C=O) groups excluding carboxylic acids is 1. The number of nitrogens with zero attached hydrogens (tertiary/aromatic N) is 4. The Balaban J connectivity index is 1.37. The van der Waals surface area contributed by atoms with Gasteiger partial charge in [-0.15, -0.1) is 0 Å². The van der Waals surface area contributed by atoms with Crippen molar-refractivity contribution in [3.8, 4) is 0 Å². The fourth-order valence-corrected chi connectivity index (χ4v) is 4.25. The molecule has 3 aromatic rings. The molecule has 1 amide bonds. The average Bonchev–Trinajstić information content (AvgIpc) is 2.87. The van der Waals surface area contributed by atoms with Gasteiger partial charge in [0, 0.05) is 55.1 Å². The number of nitrogens with one attached hydrogen (secondary N) is 1. The molecule has 1 aliphatic heterocycles. The molecule has 0 unspecified atom stereocenters. The molecule has 0 spiro atoms. The second kappa shape index (κ2) is 11.2. The normalized spacial score (nSPS) is 13.8. The Kier molecular flexibility index (Phi) is 7.91. The average molecular weight is 464 g/mol. The van der Waals surface area contributed by atoms with Crippen molar-refractivity contribution in [1.82, 2.24) is 20.3 Å². The van der Waals surface area contributed by atoms with Gasteiger partial charge in [-0.2, -0.15) is 0 Å². The van der Waals surface area contributed by atoms with E-state index < -0.39 is 0 Å². The van der Waals surface area contributed by atoms with Gasteiger partial charge in [0.25, 0.3) is 5.91 Å². The highest BCUT2D eigenvalue weighted by atomic mass is 32.2. The van der Waals surface area contributed by atoms with Crippen molar-refractivity contribution < 1.29 is 9.53 Å². The molecule has 0 saturated carbocycles. The van der Waals surface area contributed by atoms with Crippen LogP contribution in [0, 0.1) is 0 Å². The van der Waals surface area contributed by atoms with E-state index in [0.29, 0.717) is 18.0 Å². The summed E-state index contributed by atoms with van der Waals surface area (Å²) in [6.07, 6.45) is 3.44. The summed E-state index contributed by atoms with van der Waals surface area (Å²) in [5.74, 6) is 1.95. The number of amides is 1. The van der Waals surface area contributed by atoms with E-state index in [1.807, 2.05) is 36.4 Å². The van der Waals surface area contributed by atoms with Crippen molar-refractivity contribution in [2.75, 3.05) is 31.2 Å². The van der Waals surface area contributed by atoms with E-state index in [2.05, 4.69) is 35.1 Å². The van der Waals surface area contributed by atoms with E-state index in [9.17, 15) is 4.79 Å². The number of hydrogen-bond donors (Lipinski definition) is 1. The molecule has 4 rings (SSSR count). The molecule has 33 heavy (non-hydrogen) atoms. The second-order valence-electron chi connectivity index (χ2n) is 8.21. The van der Waals surface area contributed by atoms with E-state index in [1.165, 1.54) is 0 Å². The smallest absolute Gasteiger partial charge is 0.251 e. The van der Waals surface area contributed by atoms with Crippen molar-refractivity contribution in [2.45, 2.75) is 37.2 Å². The number of thioether (sulfide) groups is 1. The van der Waals surface area contributed by atoms with E-state index in [0.717, 1.165) is 59.9 Å². The number of morpholine rings is 1. The quantitative estimate of drug-likeness (QED) is 0.399. The lowest BCUT2D eigenvalue weighted by Crippen LogP contribution is -2.37. The Morgan fingerprint density at radius 1 is 1.06 bits per heavy atom. The number of carbonyl (C=O) groups is 1. The van der Waals surface area contributed by atoms with Gasteiger partial charge in [-0.1, -0.05) is 37.7 Å². The van der Waals surface area contributed by atoms with Crippen LogP contribution in [0.4, 0.5) is 5.82 Å². The summed E-state index contributed by atoms with van der Waals surface area (Å²) < 4.78 is 5.48. The van der Waals surface area contributed by atoms with Crippen LogP contribution in [-0.2, 0) is 17.0 Å². The zero-order valence-corrected chi connectivity index (χ0v) is 19.8. The van der Waals surface area contributed by atoms with E-state index >= 15 is 0 Å². The number of pyridine rings is 1. The molecule has 1 aliphatic rings. The maximum Gasteiger partial charge on any atom is 0.251 e. The van der Waals surface area contributed by atoms with Crippen LogP contribution in [0.3, 0.4) is 0 Å². The van der Waals surface area contributed by atoms with Crippen molar-refractivity contribution >= 4 is 23.5 Å². The first-order chi connectivity index (χ1) is 16.1. The summed E-state index contributed by atoms with van der Waals surface area (Å²) in [7, 11) is 0. The molecule has 1 N–H and O–H groups in total. The van der Waals surface area contributed by atoms with Gasteiger partial charge < -0.3 is 15.0 Å². The van der Waals surface area contributed by atoms with Gasteiger partial charge in [0.1, 0.15) is 5.82 Å². The lowest BCUT2D eigenvalue weighted by atomic mass is 10.1. The van der Waals surface area contributed by atoms with Crippen molar-refractivity contribution in [3.63, 3.8) is 0 Å². The minimum absolute atomic E-state index is 0.0888. The summed E-state index contributed by atoms with van der Waals surface area (Å²) in [5, 5.41) is 3.72. The molecule has 0 bridgehead atoms. The monoisotopic (exact) mass is 463 g/mol. The van der Waals surface area contributed by atoms with Gasteiger partial charge in [-0.25, -0.2) is 9.97 Å². The molecule has 0 aliphatic carbocycles. The highest BCUT2D eigenvalue weighted by Gasteiger charge is 2.16. The Bertz CT molecular complexity index is 1050. The maximum absolute atomic E-state index is 12.4. The molecule has 1 aromatic carbocycles. The molecule has 172 valence electrons. The molecule has 7 nitrogen and oxygen atoms in total. The Morgan fingerprint density at radius 2 is 1.79 bits per heavy atom. The topological polar surface area (TPSA) is 80.2 Å². The summed E-state index contributed by atoms with van der Waals surface area (Å²) in [5.41, 5.74) is 3.84. The predicted octanol–water partition coefficient (Wildman–Crippen LogP) is 4.05. The predicted molar refractivity (Wildman–Crippen MR) is 131 cm³/mol. The molecular formula is C25H29N5O2S. The number of aromatic nitrogens is 3. The first-order valence-electron chi connectivity index (χ1n) is 11.2. The van der Waals surface area contributed by atoms with Crippen LogP contribution < -0.4 is 10.2 Å². The zero-order valence-electron chi connectivity index (χ0n) is 19.0. The number of hydrogen-bond acceptors (Lipinski definition) is 7. The van der Waals surface area contributed by atoms with Crippen LogP contribution in [0.5, 0.6) is 0 Å². The van der Waals surface area contributed by atoms with Crippen molar-refractivity contribution in [3.05, 3.63) is 77.2 Å². The molecular weight excluding hydrogens is 434 g/mol. The number of ether oxygens (including phenoxy) is 1. The molecule has 2 aromatic heterocycles. The Hall–Kier alpha value is -2.97. The first-order valence-corrected chi connectivity index (χ1v) is 12.2. The molecule has 3 heterocycles. The summed E-state index contributed by atoms with van der Waals surface area (Å²) in [4.78, 5) is 28.3. The first kappa shape index (κ1) is 23.2. The van der Waals surface area contributed by atoms with Crippen LogP contribution in [0.15, 0.2) is 60.0 Å². The lowest BCUT2D eigenvalue weighted by Gasteiger charge is -2.28. The van der Waals surface area contributed by atoms with Crippen molar-refractivity contribution in [1.29, 1.82) is 0 Å².